The number of nitrogens with zero attached hydrogens (tertiary/aromatic N) is 1. The van der Waals surface area contributed by atoms with Crippen LogP contribution in [0.4, 0.5) is 0 Å². The van der Waals surface area contributed by atoms with Crippen molar-refractivity contribution in [2.24, 2.45) is 0 Å². The molecule has 0 spiro atoms. The summed E-state index contributed by atoms with van der Waals surface area (Å²) in [6, 6.07) is 3.71. The lowest BCUT2D eigenvalue weighted by molar-refractivity contribution is 0.0955. The number of carbonyl (C=O) groups excluding carboxylic acids is 1. The zero-order valence-corrected chi connectivity index (χ0v) is 8.87. The number of pyridine rings is 1. The van der Waals surface area contributed by atoms with Gasteiger partial charge in [-0.05, 0) is 25.0 Å². The molecule has 14 heavy (non-hydrogen) atoms. The molecule has 0 aliphatic rings. The van der Waals surface area contributed by atoms with E-state index in [9.17, 15) is 4.79 Å². The Hall–Kier alpha value is -1.38. The van der Waals surface area contributed by atoms with Gasteiger partial charge in [-0.15, -0.1) is 0 Å². The minimum atomic E-state index is -0.0599. The molecule has 0 aliphatic heterocycles. The third kappa shape index (κ3) is 2.55. The van der Waals surface area contributed by atoms with E-state index in [1.54, 1.807) is 6.20 Å². The summed E-state index contributed by atoms with van der Waals surface area (Å²) in [5, 5.41) is 2.73. The van der Waals surface area contributed by atoms with E-state index in [-0.39, 0.29) is 5.91 Å². The van der Waals surface area contributed by atoms with Crippen LogP contribution in [0.3, 0.4) is 0 Å². The zero-order valence-electron chi connectivity index (χ0n) is 8.87. The van der Waals surface area contributed by atoms with Crippen LogP contribution in [0.25, 0.3) is 0 Å². The number of carbonyl (C=O) groups is 1. The standard InChI is InChI=1S/C11H16N2O/c1-4-12-11(14)9-5-6-10(8(2)3)13-7-9/h5-8H,4H2,1-3H3,(H,12,14). The van der Waals surface area contributed by atoms with Crippen molar-refractivity contribution in [3.8, 4) is 0 Å². The maximum Gasteiger partial charge on any atom is 0.252 e. The second-order valence-corrected chi connectivity index (χ2v) is 3.49. The van der Waals surface area contributed by atoms with Crippen molar-refractivity contribution in [3.05, 3.63) is 29.6 Å². The van der Waals surface area contributed by atoms with Crippen molar-refractivity contribution in [2.75, 3.05) is 6.54 Å². The minimum Gasteiger partial charge on any atom is -0.352 e. The molecule has 1 aromatic heterocycles. The summed E-state index contributed by atoms with van der Waals surface area (Å²) in [6.45, 7) is 6.70. The van der Waals surface area contributed by atoms with E-state index in [1.807, 2.05) is 19.1 Å². The molecule has 3 heteroatoms. The van der Waals surface area contributed by atoms with Crippen molar-refractivity contribution in [1.82, 2.24) is 10.3 Å². The molecule has 0 bridgehead atoms. The Labute approximate surface area is 84.6 Å². The van der Waals surface area contributed by atoms with Gasteiger partial charge in [-0.25, -0.2) is 0 Å². The number of aromatic nitrogens is 1. The molecule has 1 aromatic rings. The molecule has 0 radical (unpaired) electrons. The van der Waals surface area contributed by atoms with E-state index in [0.717, 1.165) is 5.69 Å². The molecule has 3 nitrogen and oxygen atoms in total. The van der Waals surface area contributed by atoms with E-state index in [0.29, 0.717) is 18.0 Å². The molecular weight excluding hydrogens is 176 g/mol. The van der Waals surface area contributed by atoms with Crippen LogP contribution >= 0.6 is 0 Å². The van der Waals surface area contributed by atoms with Crippen LogP contribution in [0.1, 0.15) is 42.7 Å². The molecular formula is C11H16N2O. The van der Waals surface area contributed by atoms with Gasteiger partial charge in [0.05, 0.1) is 5.56 Å². The largest absolute Gasteiger partial charge is 0.352 e. The van der Waals surface area contributed by atoms with Crippen LogP contribution in [-0.2, 0) is 0 Å². The lowest BCUT2D eigenvalue weighted by Gasteiger charge is -2.05. The molecule has 1 rings (SSSR count). The van der Waals surface area contributed by atoms with E-state index >= 15 is 0 Å². The second-order valence-electron chi connectivity index (χ2n) is 3.49. The fraction of sp³-hybridized carbons (Fsp3) is 0.455. The van der Waals surface area contributed by atoms with Gasteiger partial charge in [0, 0.05) is 18.4 Å². The quantitative estimate of drug-likeness (QED) is 0.795. The summed E-state index contributed by atoms with van der Waals surface area (Å²) in [6.07, 6.45) is 1.63. The SMILES string of the molecule is CCNC(=O)c1ccc(C(C)C)nc1. The smallest absolute Gasteiger partial charge is 0.252 e. The third-order valence-corrected chi connectivity index (χ3v) is 1.98. The molecule has 0 saturated heterocycles. The Morgan fingerprint density at radius 2 is 2.21 bits per heavy atom. The van der Waals surface area contributed by atoms with Crippen molar-refractivity contribution in [1.29, 1.82) is 0 Å². The first-order chi connectivity index (χ1) is 6.65. The molecule has 0 atom stereocenters. The Bertz CT molecular complexity index is 304. The number of amides is 1. The summed E-state index contributed by atoms with van der Waals surface area (Å²) >= 11 is 0. The minimum absolute atomic E-state index is 0.0599. The Morgan fingerprint density at radius 3 is 2.64 bits per heavy atom. The molecule has 1 heterocycles. The first-order valence-corrected chi connectivity index (χ1v) is 4.89. The fourth-order valence-electron chi connectivity index (χ4n) is 1.14. The van der Waals surface area contributed by atoms with E-state index in [2.05, 4.69) is 24.1 Å². The van der Waals surface area contributed by atoms with Crippen molar-refractivity contribution < 1.29 is 4.79 Å². The van der Waals surface area contributed by atoms with Gasteiger partial charge in [0.2, 0.25) is 0 Å². The first kappa shape index (κ1) is 10.7. The van der Waals surface area contributed by atoms with Gasteiger partial charge in [0.25, 0.3) is 5.91 Å². The van der Waals surface area contributed by atoms with Gasteiger partial charge < -0.3 is 5.32 Å². The van der Waals surface area contributed by atoms with Crippen molar-refractivity contribution in [2.45, 2.75) is 26.7 Å². The molecule has 0 saturated carbocycles. The molecule has 1 amide bonds. The fourth-order valence-corrected chi connectivity index (χ4v) is 1.14. The molecule has 1 N–H and O–H groups in total. The highest BCUT2D eigenvalue weighted by atomic mass is 16.1. The summed E-state index contributed by atoms with van der Waals surface area (Å²) in [4.78, 5) is 15.6. The van der Waals surface area contributed by atoms with Gasteiger partial charge >= 0.3 is 0 Å². The van der Waals surface area contributed by atoms with Gasteiger partial charge in [0.1, 0.15) is 0 Å². The summed E-state index contributed by atoms with van der Waals surface area (Å²) in [7, 11) is 0. The van der Waals surface area contributed by atoms with Crippen LogP contribution in [0.15, 0.2) is 18.3 Å². The molecule has 76 valence electrons. The predicted molar refractivity (Wildman–Crippen MR) is 56.3 cm³/mol. The number of nitrogens with one attached hydrogen (secondary N) is 1. The lowest BCUT2D eigenvalue weighted by Crippen LogP contribution is -2.22. The summed E-state index contributed by atoms with van der Waals surface area (Å²) in [5.74, 6) is 0.341. The van der Waals surface area contributed by atoms with E-state index in [4.69, 9.17) is 0 Å². The zero-order chi connectivity index (χ0) is 10.6. The Kier molecular flexibility index (Phi) is 3.63. The highest BCUT2D eigenvalue weighted by molar-refractivity contribution is 5.93. The summed E-state index contributed by atoms with van der Waals surface area (Å²) < 4.78 is 0. The predicted octanol–water partition coefficient (Wildman–Crippen LogP) is 1.95. The summed E-state index contributed by atoms with van der Waals surface area (Å²) in [5.41, 5.74) is 1.63. The van der Waals surface area contributed by atoms with Crippen LogP contribution < -0.4 is 5.32 Å². The van der Waals surface area contributed by atoms with Crippen LogP contribution in [-0.4, -0.2) is 17.4 Å². The number of hydrogen-bond acceptors (Lipinski definition) is 2. The van der Waals surface area contributed by atoms with Crippen LogP contribution in [0.2, 0.25) is 0 Å². The maximum atomic E-state index is 11.4. The monoisotopic (exact) mass is 192 g/mol. The lowest BCUT2D eigenvalue weighted by atomic mass is 10.1. The van der Waals surface area contributed by atoms with Crippen LogP contribution in [0.5, 0.6) is 0 Å². The molecule has 0 fully saturated rings. The highest BCUT2D eigenvalue weighted by Gasteiger charge is 2.05. The Morgan fingerprint density at radius 1 is 1.50 bits per heavy atom. The normalized spacial score (nSPS) is 10.3. The average molecular weight is 192 g/mol. The molecule has 0 aromatic carbocycles. The topological polar surface area (TPSA) is 42.0 Å². The van der Waals surface area contributed by atoms with E-state index in [1.165, 1.54) is 0 Å². The second kappa shape index (κ2) is 4.74. The number of hydrogen-bond donors (Lipinski definition) is 1. The van der Waals surface area contributed by atoms with Gasteiger partial charge in [-0.2, -0.15) is 0 Å². The molecule has 0 unspecified atom stereocenters. The van der Waals surface area contributed by atoms with Crippen LogP contribution in [0, 0.1) is 0 Å². The molecule has 0 aliphatic carbocycles. The maximum absolute atomic E-state index is 11.4. The van der Waals surface area contributed by atoms with Crippen molar-refractivity contribution >= 4 is 5.91 Å². The first-order valence-electron chi connectivity index (χ1n) is 4.89. The van der Waals surface area contributed by atoms with Gasteiger partial charge in [0.15, 0.2) is 0 Å². The number of rotatable bonds is 3. The van der Waals surface area contributed by atoms with Gasteiger partial charge in [-0.3, -0.25) is 9.78 Å². The van der Waals surface area contributed by atoms with Gasteiger partial charge in [-0.1, -0.05) is 13.8 Å². The third-order valence-electron chi connectivity index (χ3n) is 1.98. The Balaban J connectivity index is 2.78. The van der Waals surface area contributed by atoms with E-state index < -0.39 is 0 Å². The average Bonchev–Trinajstić information content (AvgIpc) is 2.18. The highest BCUT2D eigenvalue weighted by Crippen LogP contribution is 2.10. The van der Waals surface area contributed by atoms with Crippen molar-refractivity contribution in [3.63, 3.8) is 0 Å².